The summed E-state index contributed by atoms with van der Waals surface area (Å²) in [6, 6.07) is 8.62. The maximum atomic E-state index is 13.0. The number of halogens is 2. The lowest BCUT2D eigenvalue weighted by Gasteiger charge is -2.17. The molecule has 1 fully saturated rings. The Labute approximate surface area is 155 Å². The molecular formula is C17H16ClFN2O4S. The van der Waals surface area contributed by atoms with E-state index in [0.717, 1.165) is 0 Å². The normalized spacial score (nSPS) is 17.6. The highest BCUT2D eigenvalue weighted by Crippen LogP contribution is 2.28. The van der Waals surface area contributed by atoms with Crippen LogP contribution in [0.15, 0.2) is 47.4 Å². The smallest absolute Gasteiger partial charge is 0.245 e. The number of methoxy groups -OCH3 is 1. The molecular weight excluding hydrogens is 383 g/mol. The molecule has 1 amide bonds. The van der Waals surface area contributed by atoms with Crippen LogP contribution in [0.4, 0.5) is 10.1 Å². The summed E-state index contributed by atoms with van der Waals surface area (Å²) in [7, 11) is -2.51. The third-order valence-corrected chi connectivity index (χ3v) is 5.84. The first-order valence-corrected chi connectivity index (χ1v) is 9.61. The van der Waals surface area contributed by atoms with Crippen LogP contribution in [0.2, 0.25) is 5.02 Å². The minimum atomic E-state index is -3.93. The van der Waals surface area contributed by atoms with Crippen LogP contribution in [0, 0.1) is 5.82 Å². The number of nitrogens with one attached hydrogen (secondary N) is 1. The van der Waals surface area contributed by atoms with Gasteiger partial charge in [0.05, 0.1) is 17.0 Å². The van der Waals surface area contributed by atoms with E-state index in [4.69, 9.17) is 16.3 Å². The lowest BCUT2D eigenvalue weighted by atomic mass is 10.3. The Morgan fingerprint density at radius 3 is 2.54 bits per heavy atom. The summed E-state index contributed by atoms with van der Waals surface area (Å²) in [4.78, 5) is 13.9. The van der Waals surface area contributed by atoms with E-state index in [-0.39, 0.29) is 15.8 Å². The van der Waals surface area contributed by atoms with Gasteiger partial charge in [-0.1, -0.05) is 11.6 Å². The Hall–Kier alpha value is -2.16. The van der Waals surface area contributed by atoms with Gasteiger partial charge in [0.15, 0.2) is 0 Å². The summed E-state index contributed by atoms with van der Waals surface area (Å²) >= 11 is 5.97. The number of amides is 1. The second-order valence-corrected chi connectivity index (χ2v) is 7.85. The largest absolute Gasteiger partial charge is 0.495 e. The van der Waals surface area contributed by atoms with Crippen molar-refractivity contribution in [3.8, 4) is 5.75 Å². The zero-order chi connectivity index (χ0) is 18.9. The Bertz CT molecular complexity index is 934. The quantitative estimate of drug-likeness (QED) is 0.839. The van der Waals surface area contributed by atoms with Crippen LogP contribution >= 0.6 is 11.6 Å². The van der Waals surface area contributed by atoms with Crippen molar-refractivity contribution < 1.29 is 22.3 Å². The molecule has 1 N–H and O–H groups in total. The minimum absolute atomic E-state index is 0.0590. The average molecular weight is 399 g/mol. The van der Waals surface area contributed by atoms with Crippen LogP contribution in [-0.4, -0.2) is 34.0 Å². The van der Waals surface area contributed by atoms with E-state index in [2.05, 4.69) is 4.72 Å². The van der Waals surface area contributed by atoms with Crippen LogP contribution in [0.25, 0.3) is 0 Å². The van der Waals surface area contributed by atoms with Crippen molar-refractivity contribution in [1.29, 1.82) is 0 Å². The van der Waals surface area contributed by atoms with E-state index in [1.807, 2.05) is 0 Å². The highest BCUT2D eigenvalue weighted by molar-refractivity contribution is 7.89. The highest BCUT2D eigenvalue weighted by Gasteiger charge is 2.35. The highest BCUT2D eigenvalue weighted by atomic mass is 35.5. The number of carbonyl (C=O) groups is 1. The van der Waals surface area contributed by atoms with Crippen molar-refractivity contribution in [1.82, 2.24) is 4.72 Å². The summed E-state index contributed by atoms with van der Waals surface area (Å²) in [5, 5.41) is 0.154. The molecule has 3 rings (SSSR count). The SMILES string of the molecule is COc1ccc(S(=O)(=O)N[C@@H]2CCN(c3ccc(F)cc3)C2=O)cc1Cl. The van der Waals surface area contributed by atoms with Gasteiger partial charge in [0.2, 0.25) is 15.9 Å². The number of rotatable bonds is 5. The van der Waals surface area contributed by atoms with Crippen molar-refractivity contribution >= 4 is 33.2 Å². The molecule has 0 saturated carbocycles. The van der Waals surface area contributed by atoms with Crippen molar-refractivity contribution in [2.45, 2.75) is 17.4 Å². The van der Waals surface area contributed by atoms with Gasteiger partial charge in [0, 0.05) is 12.2 Å². The molecule has 0 radical (unpaired) electrons. The Morgan fingerprint density at radius 2 is 1.92 bits per heavy atom. The molecule has 0 spiro atoms. The second kappa shape index (κ2) is 7.22. The second-order valence-electron chi connectivity index (χ2n) is 5.73. The van der Waals surface area contributed by atoms with Gasteiger partial charge >= 0.3 is 0 Å². The van der Waals surface area contributed by atoms with Gasteiger partial charge in [-0.25, -0.2) is 12.8 Å². The number of hydrogen-bond donors (Lipinski definition) is 1. The summed E-state index contributed by atoms with van der Waals surface area (Å²) < 4.78 is 45.5. The van der Waals surface area contributed by atoms with Gasteiger partial charge in [-0.05, 0) is 48.9 Å². The number of carbonyl (C=O) groups excluding carboxylic acids is 1. The van der Waals surface area contributed by atoms with Gasteiger partial charge in [-0.2, -0.15) is 4.72 Å². The van der Waals surface area contributed by atoms with E-state index >= 15 is 0 Å². The Kier molecular flexibility index (Phi) is 5.17. The van der Waals surface area contributed by atoms with Crippen LogP contribution in [0.5, 0.6) is 5.75 Å². The number of sulfonamides is 1. The molecule has 1 atom stereocenters. The lowest BCUT2D eigenvalue weighted by molar-refractivity contribution is -0.118. The molecule has 0 unspecified atom stereocenters. The molecule has 1 aliphatic rings. The predicted octanol–water partition coefficient (Wildman–Crippen LogP) is 2.57. The molecule has 9 heteroatoms. The number of hydrogen-bond acceptors (Lipinski definition) is 4. The van der Waals surface area contributed by atoms with Crippen LogP contribution in [0.1, 0.15) is 6.42 Å². The van der Waals surface area contributed by atoms with Crippen LogP contribution < -0.4 is 14.4 Å². The topological polar surface area (TPSA) is 75.7 Å². The molecule has 1 aliphatic heterocycles. The van der Waals surface area contributed by atoms with Gasteiger partial charge in [0.25, 0.3) is 0 Å². The fraction of sp³-hybridized carbons (Fsp3) is 0.235. The van der Waals surface area contributed by atoms with E-state index in [1.54, 1.807) is 0 Å². The first-order chi connectivity index (χ1) is 12.3. The molecule has 2 aromatic carbocycles. The average Bonchev–Trinajstić information content (AvgIpc) is 2.96. The molecule has 6 nitrogen and oxygen atoms in total. The standard InChI is InChI=1S/C17H16ClFN2O4S/c1-25-16-7-6-13(10-14(16)18)26(23,24)20-15-8-9-21(17(15)22)12-4-2-11(19)3-5-12/h2-7,10,15,20H,8-9H2,1H3/t15-/m1/s1. The van der Waals surface area contributed by atoms with E-state index in [1.165, 1.54) is 54.5 Å². The van der Waals surface area contributed by atoms with E-state index < -0.39 is 21.9 Å². The minimum Gasteiger partial charge on any atom is -0.495 e. The fourth-order valence-electron chi connectivity index (χ4n) is 2.74. The number of anilines is 1. The van der Waals surface area contributed by atoms with Crippen molar-refractivity contribution in [3.05, 3.63) is 53.3 Å². The molecule has 0 aromatic heterocycles. The summed E-state index contributed by atoms with van der Waals surface area (Å²) in [5.74, 6) is -0.445. The zero-order valence-corrected chi connectivity index (χ0v) is 15.3. The summed E-state index contributed by atoms with van der Waals surface area (Å²) in [5.41, 5.74) is 0.519. The first-order valence-electron chi connectivity index (χ1n) is 7.74. The number of nitrogens with zero attached hydrogens (tertiary/aromatic N) is 1. The fourth-order valence-corrected chi connectivity index (χ4v) is 4.31. The molecule has 1 saturated heterocycles. The molecule has 1 heterocycles. The lowest BCUT2D eigenvalue weighted by Crippen LogP contribution is -2.41. The van der Waals surface area contributed by atoms with Gasteiger partial charge in [-0.3, -0.25) is 4.79 Å². The summed E-state index contributed by atoms with van der Waals surface area (Å²) in [6.45, 7) is 0.334. The maximum Gasteiger partial charge on any atom is 0.245 e. The maximum absolute atomic E-state index is 13.0. The van der Waals surface area contributed by atoms with Crippen LogP contribution in [0.3, 0.4) is 0 Å². The monoisotopic (exact) mass is 398 g/mol. The molecule has 2 aromatic rings. The third kappa shape index (κ3) is 3.67. The van der Waals surface area contributed by atoms with E-state index in [9.17, 15) is 17.6 Å². The first kappa shape index (κ1) is 18.6. The molecule has 0 bridgehead atoms. The third-order valence-electron chi connectivity index (χ3n) is 4.07. The Morgan fingerprint density at radius 1 is 1.23 bits per heavy atom. The van der Waals surface area contributed by atoms with Crippen molar-refractivity contribution in [2.75, 3.05) is 18.6 Å². The van der Waals surface area contributed by atoms with E-state index in [0.29, 0.717) is 24.4 Å². The number of ether oxygens (including phenoxy) is 1. The Balaban J connectivity index is 1.77. The molecule has 138 valence electrons. The van der Waals surface area contributed by atoms with Gasteiger partial charge < -0.3 is 9.64 Å². The van der Waals surface area contributed by atoms with Crippen molar-refractivity contribution in [2.24, 2.45) is 0 Å². The predicted molar refractivity (Wildman–Crippen MR) is 95.5 cm³/mol. The number of benzene rings is 2. The zero-order valence-electron chi connectivity index (χ0n) is 13.8. The van der Waals surface area contributed by atoms with Gasteiger partial charge in [-0.15, -0.1) is 0 Å². The van der Waals surface area contributed by atoms with Crippen LogP contribution in [-0.2, 0) is 14.8 Å². The van der Waals surface area contributed by atoms with Gasteiger partial charge in [0.1, 0.15) is 17.6 Å². The summed E-state index contributed by atoms with van der Waals surface area (Å²) in [6.07, 6.45) is 0.305. The molecule has 0 aliphatic carbocycles. The van der Waals surface area contributed by atoms with Crippen molar-refractivity contribution in [3.63, 3.8) is 0 Å². The molecule has 26 heavy (non-hydrogen) atoms.